The fourth-order valence-electron chi connectivity index (χ4n) is 3.29. The average Bonchev–Trinajstić information content (AvgIpc) is 3.59. The minimum absolute atomic E-state index is 0.0659. The van der Waals surface area contributed by atoms with Crippen molar-refractivity contribution in [3.63, 3.8) is 0 Å². The monoisotopic (exact) mass is 511 g/mol. The van der Waals surface area contributed by atoms with Crippen molar-refractivity contribution in [1.29, 1.82) is 0 Å². The number of nitrogens with one attached hydrogen (secondary N) is 1. The second-order valence-electron chi connectivity index (χ2n) is 8.37. The third-order valence-electron chi connectivity index (χ3n) is 5.41. The van der Waals surface area contributed by atoms with Gasteiger partial charge in [0.25, 0.3) is 12.3 Å². The van der Waals surface area contributed by atoms with Crippen LogP contribution in [0.15, 0.2) is 30.5 Å². The van der Waals surface area contributed by atoms with Crippen LogP contribution in [0.2, 0.25) is 0 Å². The molecule has 1 aromatic carbocycles. The fourth-order valence-corrected chi connectivity index (χ4v) is 3.89. The molecule has 0 bridgehead atoms. The van der Waals surface area contributed by atoms with E-state index in [4.69, 9.17) is 4.74 Å². The largest absolute Gasteiger partial charge is 0.494 e. The standard InChI is InChI=1S/C25H23F2N5O3S/c1-32(2)22(33)11-15-6-8-16(17(10-15)18-12-19(23(26)27)28-13-20(18)35-3)24(34)29-25-31-30-21(36-25)9-7-14-4-5-14/h6,8,10,12-14,23H,4-5,11H2,1-3H3,(H,29,31,34). The lowest BCUT2D eigenvalue weighted by Crippen LogP contribution is -2.23. The van der Waals surface area contributed by atoms with Gasteiger partial charge < -0.3 is 9.64 Å². The SMILES string of the molecule is COc1cnc(C(F)F)cc1-c1cc(CC(=O)N(C)C)ccc1C(=O)Nc1nnc(C#CC2CC2)s1. The average molecular weight is 512 g/mol. The number of halogens is 2. The smallest absolute Gasteiger partial charge is 0.280 e. The number of likely N-dealkylation sites (N-methyl/N-ethyl adjacent to an activating group) is 1. The first-order chi connectivity index (χ1) is 17.2. The molecule has 1 fully saturated rings. The van der Waals surface area contributed by atoms with Crippen LogP contribution in [-0.4, -0.2) is 53.1 Å². The van der Waals surface area contributed by atoms with E-state index < -0.39 is 18.0 Å². The molecular formula is C25H23F2N5O3S. The number of aromatic nitrogens is 3. The third kappa shape index (κ3) is 6.01. The fraction of sp³-hybridized carbons (Fsp3) is 0.320. The van der Waals surface area contributed by atoms with Crippen molar-refractivity contribution in [3.05, 3.63) is 52.3 Å². The summed E-state index contributed by atoms with van der Waals surface area (Å²) in [6.07, 6.45) is 0.601. The minimum atomic E-state index is -2.82. The lowest BCUT2D eigenvalue weighted by molar-refractivity contribution is -0.127. The quantitative estimate of drug-likeness (QED) is 0.478. The van der Waals surface area contributed by atoms with Gasteiger partial charge in [-0.3, -0.25) is 19.9 Å². The number of amides is 2. The number of rotatable bonds is 7. The highest BCUT2D eigenvalue weighted by Gasteiger charge is 2.22. The first kappa shape index (κ1) is 25.2. The number of pyridine rings is 1. The van der Waals surface area contributed by atoms with Crippen LogP contribution < -0.4 is 10.1 Å². The molecule has 1 saturated carbocycles. The zero-order chi connectivity index (χ0) is 25.8. The lowest BCUT2D eigenvalue weighted by atomic mass is 9.95. The second-order valence-corrected chi connectivity index (χ2v) is 9.34. The number of anilines is 1. The van der Waals surface area contributed by atoms with Crippen molar-refractivity contribution < 1.29 is 23.1 Å². The summed E-state index contributed by atoms with van der Waals surface area (Å²) in [5.41, 5.74) is 0.888. The highest BCUT2D eigenvalue weighted by molar-refractivity contribution is 7.15. The van der Waals surface area contributed by atoms with Gasteiger partial charge in [-0.25, -0.2) is 8.78 Å². The Balaban J connectivity index is 1.72. The predicted molar refractivity (Wildman–Crippen MR) is 131 cm³/mol. The van der Waals surface area contributed by atoms with Gasteiger partial charge in [0.1, 0.15) is 11.4 Å². The molecule has 1 N–H and O–H groups in total. The van der Waals surface area contributed by atoms with Gasteiger partial charge in [0.05, 0.1) is 19.7 Å². The number of carbonyl (C=O) groups excluding carboxylic acids is 2. The summed E-state index contributed by atoms with van der Waals surface area (Å²) in [7, 11) is 4.65. The number of nitrogens with zero attached hydrogens (tertiary/aromatic N) is 4. The van der Waals surface area contributed by atoms with Crippen LogP contribution >= 0.6 is 11.3 Å². The van der Waals surface area contributed by atoms with E-state index in [-0.39, 0.29) is 34.3 Å². The van der Waals surface area contributed by atoms with Crippen LogP contribution in [-0.2, 0) is 11.2 Å². The molecule has 1 aliphatic rings. The van der Waals surface area contributed by atoms with Gasteiger partial charge in [0, 0.05) is 31.1 Å². The Morgan fingerprint density at radius 3 is 2.67 bits per heavy atom. The molecule has 0 aliphatic heterocycles. The van der Waals surface area contributed by atoms with Gasteiger partial charge in [-0.15, -0.1) is 10.2 Å². The number of methoxy groups -OCH3 is 1. The normalized spacial score (nSPS) is 12.6. The first-order valence-corrected chi connectivity index (χ1v) is 11.9. The number of hydrogen-bond donors (Lipinski definition) is 1. The molecule has 0 atom stereocenters. The van der Waals surface area contributed by atoms with Crippen LogP contribution in [0.1, 0.15) is 45.9 Å². The molecule has 2 aromatic heterocycles. The van der Waals surface area contributed by atoms with Gasteiger partial charge in [-0.05, 0) is 48.1 Å². The summed E-state index contributed by atoms with van der Waals surface area (Å²) >= 11 is 1.14. The molecule has 2 amide bonds. The van der Waals surface area contributed by atoms with Crippen molar-refractivity contribution in [2.24, 2.45) is 5.92 Å². The van der Waals surface area contributed by atoms with Crippen molar-refractivity contribution in [1.82, 2.24) is 20.1 Å². The molecule has 0 saturated heterocycles. The summed E-state index contributed by atoms with van der Waals surface area (Å²) in [6, 6.07) is 5.99. The molecule has 2 heterocycles. The van der Waals surface area contributed by atoms with Gasteiger partial charge in [0.15, 0.2) is 5.01 Å². The van der Waals surface area contributed by atoms with Crippen molar-refractivity contribution >= 4 is 28.3 Å². The maximum atomic E-state index is 13.4. The highest BCUT2D eigenvalue weighted by Crippen LogP contribution is 2.36. The highest BCUT2D eigenvalue weighted by atomic mass is 32.1. The minimum Gasteiger partial charge on any atom is -0.494 e. The van der Waals surface area contributed by atoms with E-state index in [2.05, 4.69) is 32.3 Å². The molecule has 11 heteroatoms. The van der Waals surface area contributed by atoms with Crippen LogP contribution in [0.3, 0.4) is 0 Å². The molecule has 0 radical (unpaired) electrons. The summed E-state index contributed by atoms with van der Waals surface area (Å²) in [5, 5.41) is 11.4. The van der Waals surface area contributed by atoms with Crippen molar-refractivity contribution in [2.45, 2.75) is 25.7 Å². The summed E-state index contributed by atoms with van der Waals surface area (Å²) in [5.74, 6) is 5.99. The zero-order valence-electron chi connectivity index (χ0n) is 19.8. The Bertz CT molecular complexity index is 1360. The predicted octanol–water partition coefficient (Wildman–Crippen LogP) is 4.19. The molecule has 0 spiro atoms. The number of hydrogen-bond acceptors (Lipinski definition) is 7. The molecule has 3 aromatic rings. The van der Waals surface area contributed by atoms with E-state index in [1.165, 1.54) is 24.3 Å². The topological polar surface area (TPSA) is 97.3 Å². The second kappa shape index (κ2) is 10.8. The van der Waals surface area contributed by atoms with E-state index in [0.29, 0.717) is 22.1 Å². The number of ether oxygens (including phenoxy) is 1. The molecule has 186 valence electrons. The van der Waals surface area contributed by atoms with Gasteiger partial charge in [-0.1, -0.05) is 23.3 Å². The molecule has 0 unspecified atom stereocenters. The summed E-state index contributed by atoms with van der Waals surface area (Å²) in [6.45, 7) is 0. The Morgan fingerprint density at radius 2 is 2.00 bits per heavy atom. The van der Waals surface area contributed by atoms with Crippen molar-refractivity contribution in [3.8, 4) is 28.7 Å². The van der Waals surface area contributed by atoms with Crippen molar-refractivity contribution in [2.75, 3.05) is 26.5 Å². The number of benzene rings is 1. The van der Waals surface area contributed by atoms with Crippen LogP contribution in [0, 0.1) is 17.8 Å². The summed E-state index contributed by atoms with van der Waals surface area (Å²) < 4.78 is 32.2. The van der Waals surface area contributed by atoms with E-state index >= 15 is 0 Å². The van der Waals surface area contributed by atoms with Crippen LogP contribution in [0.25, 0.3) is 11.1 Å². The van der Waals surface area contributed by atoms with Crippen LogP contribution in [0.4, 0.5) is 13.9 Å². The zero-order valence-corrected chi connectivity index (χ0v) is 20.7. The lowest BCUT2D eigenvalue weighted by Gasteiger charge is -2.16. The van der Waals surface area contributed by atoms with Crippen LogP contribution in [0.5, 0.6) is 5.75 Å². The molecule has 1 aliphatic carbocycles. The molecular weight excluding hydrogens is 488 g/mol. The van der Waals surface area contributed by atoms with E-state index in [1.54, 1.807) is 32.3 Å². The molecule has 36 heavy (non-hydrogen) atoms. The summed E-state index contributed by atoms with van der Waals surface area (Å²) in [4.78, 5) is 30.7. The first-order valence-electron chi connectivity index (χ1n) is 11.1. The van der Waals surface area contributed by atoms with Gasteiger partial charge in [-0.2, -0.15) is 0 Å². The maximum Gasteiger partial charge on any atom is 0.280 e. The molecule has 8 nitrogen and oxygen atoms in total. The maximum absolute atomic E-state index is 13.4. The van der Waals surface area contributed by atoms with E-state index in [1.807, 2.05) is 0 Å². The Morgan fingerprint density at radius 1 is 1.22 bits per heavy atom. The third-order valence-corrected chi connectivity index (χ3v) is 6.17. The number of alkyl halides is 2. The van der Waals surface area contributed by atoms with Gasteiger partial charge in [0.2, 0.25) is 11.0 Å². The Hall–Kier alpha value is -3.91. The number of carbonyl (C=O) groups is 2. The van der Waals surface area contributed by atoms with E-state index in [9.17, 15) is 18.4 Å². The molecule has 4 rings (SSSR count). The van der Waals surface area contributed by atoms with E-state index in [0.717, 1.165) is 24.2 Å². The Kier molecular flexibility index (Phi) is 7.55. The Labute approximate surface area is 210 Å². The van der Waals surface area contributed by atoms with Gasteiger partial charge >= 0.3 is 0 Å².